The van der Waals surface area contributed by atoms with E-state index in [9.17, 15) is 4.79 Å². The number of amides is 1. The Morgan fingerprint density at radius 2 is 1.91 bits per heavy atom. The number of hydrogen-bond acceptors (Lipinski definition) is 3. The summed E-state index contributed by atoms with van der Waals surface area (Å²) in [6, 6.07) is 16.0. The molecule has 3 aromatic rings. The average Bonchev–Trinajstić information content (AvgIpc) is 2.57. The smallest absolute Gasteiger partial charge is 0.255 e. The van der Waals surface area contributed by atoms with Crippen LogP contribution in [0.15, 0.2) is 59.2 Å². The predicted octanol–water partition coefficient (Wildman–Crippen LogP) is 4.12. The Labute approximate surface area is 135 Å². The van der Waals surface area contributed by atoms with E-state index in [1.807, 2.05) is 24.3 Å². The van der Waals surface area contributed by atoms with Crippen molar-refractivity contribution < 1.29 is 4.79 Å². The highest BCUT2D eigenvalue weighted by Crippen LogP contribution is 2.28. The molecule has 0 spiro atoms. The third-order valence-electron chi connectivity index (χ3n) is 3.24. The van der Waals surface area contributed by atoms with Crippen molar-refractivity contribution >= 4 is 38.4 Å². The summed E-state index contributed by atoms with van der Waals surface area (Å²) in [5, 5.41) is 12.6. The standard InChI is InChI=1S/C17H10BrN3O/c18-14-7-8-15(16-13(14)2-1-9-20-16)21-17(22)12-5-3-11(10-19)4-6-12/h1-9H,(H,21,22). The molecule has 0 aliphatic heterocycles. The molecule has 0 aliphatic carbocycles. The predicted molar refractivity (Wildman–Crippen MR) is 88.6 cm³/mol. The number of halogens is 1. The first kappa shape index (κ1) is 14.2. The number of carbonyl (C=O) groups is 1. The van der Waals surface area contributed by atoms with Crippen molar-refractivity contribution in [3.05, 3.63) is 70.3 Å². The lowest BCUT2D eigenvalue weighted by molar-refractivity contribution is 0.102. The molecule has 0 radical (unpaired) electrons. The van der Waals surface area contributed by atoms with Crippen LogP contribution in [0.4, 0.5) is 5.69 Å². The number of nitrogens with one attached hydrogen (secondary N) is 1. The monoisotopic (exact) mass is 351 g/mol. The van der Waals surface area contributed by atoms with Crippen LogP contribution in [0.25, 0.3) is 10.9 Å². The van der Waals surface area contributed by atoms with Crippen molar-refractivity contribution in [1.29, 1.82) is 5.26 Å². The molecule has 0 unspecified atom stereocenters. The zero-order chi connectivity index (χ0) is 15.5. The molecule has 1 N–H and O–H groups in total. The number of benzene rings is 2. The number of hydrogen-bond donors (Lipinski definition) is 1. The summed E-state index contributed by atoms with van der Waals surface area (Å²) in [5.41, 5.74) is 2.38. The van der Waals surface area contributed by atoms with E-state index in [0.29, 0.717) is 16.8 Å². The molecule has 1 aromatic heterocycles. The Kier molecular flexibility index (Phi) is 3.86. The maximum Gasteiger partial charge on any atom is 0.255 e. The second-order valence-corrected chi connectivity index (χ2v) is 5.49. The number of pyridine rings is 1. The van der Waals surface area contributed by atoms with E-state index in [-0.39, 0.29) is 5.91 Å². The Hall–Kier alpha value is -2.71. The van der Waals surface area contributed by atoms with Crippen LogP contribution in [-0.4, -0.2) is 10.9 Å². The van der Waals surface area contributed by atoms with Gasteiger partial charge in [0.1, 0.15) is 0 Å². The fraction of sp³-hybridized carbons (Fsp3) is 0. The molecule has 22 heavy (non-hydrogen) atoms. The summed E-state index contributed by atoms with van der Waals surface area (Å²) < 4.78 is 0.923. The zero-order valence-corrected chi connectivity index (χ0v) is 13.0. The van der Waals surface area contributed by atoms with Gasteiger partial charge in [0.25, 0.3) is 5.91 Å². The molecular weight excluding hydrogens is 342 g/mol. The molecule has 3 rings (SSSR count). The Balaban J connectivity index is 1.94. The van der Waals surface area contributed by atoms with Gasteiger partial charge in [0.05, 0.1) is 22.8 Å². The van der Waals surface area contributed by atoms with Gasteiger partial charge in [0.2, 0.25) is 0 Å². The molecule has 4 nitrogen and oxygen atoms in total. The van der Waals surface area contributed by atoms with E-state index in [1.165, 1.54) is 0 Å². The summed E-state index contributed by atoms with van der Waals surface area (Å²) in [5.74, 6) is -0.237. The topological polar surface area (TPSA) is 65.8 Å². The molecule has 0 fully saturated rings. The Morgan fingerprint density at radius 1 is 1.14 bits per heavy atom. The van der Waals surface area contributed by atoms with Crippen LogP contribution in [0.2, 0.25) is 0 Å². The highest BCUT2D eigenvalue weighted by molar-refractivity contribution is 9.10. The average molecular weight is 352 g/mol. The highest BCUT2D eigenvalue weighted by Gasteiger charge is 2.10. The number of fused-ring (bicyclic) bond motifs is 1. The molecule has 1 amide bonds. The Morgan fingerprint density at radius 3 is 2.64 bits per heavy atom. The quantitative estimate of drug-likeness (QED) is 0.754. The maximum absolute atomic E-state index is 12.3. The van der Waals surface area contributed by atoms with Gasteiger partial charge in [-0.15, -0.1) is 0 Å². The lowest BCUT2D eigenvalue weighted by Gasteiger charge is -2.09. The van der Waals surface area contributed by atoms with Crippen molar-refractivity contribution in [1.82, 2.24) is 4.98 Å². The second kappa shape index (κ2) is 5.96. The highest BCUT2D eigenvalue weighted by atomic mass is 79.9. The first-order chi connectivity index (χ1) is 10.7. The molecule has 0 aliphatic rings. The van der Waals surface area contributed by atoms with E-state index >= 15 is 0 Å². The molecule has 0 saturated carbocycles. The lowest BCUT2D eigenvalue weighted by Crippen LogP contribution is -2.12. The first-order valence-corrected chi connectivity index (χ1v) is 7.33. The summed E-state index contributed by atoms with van der Waals surface area (Å²) >= 11 is 3.47. The van der Waals surface area contributed by atoms with Gasteiger partial charge in [-0.25, -0.2) is 0 Å². The van der Waals surface area contributed by atoms with E-state index in [4.69, 9.17) is 5.26 Å². The number of carbonyl (C=O) groups excluding carboxylic acids is 1. The molecule has 2 aromatic carbocycles. The number of anilines is 1. The minimum absolute atomic E-state index is 0.237. The van der Waals surface area contributed by atoms with E-state index in [2.05, 4.69) is 26.2 Å². The van der Waals surface area contributed by atoms with E-state index in [0.717, 1.165) is 15.4 Å². The molecule has 0 saturated heterocycles. The number of nitriles is 1. The number of rotatable bonds is 2. The van der Waals surface area contributed by atoms with Gasteiger partial charge < -0.3 is 5.32 Å². The third kappa shape index (κ3) is 2.69. The van der Waals surface area contributed by atoms with Crippen LogP contribution in [0.5, 0.6) is 0 Å². The van der Waals surface area contributed by atoms with Crippen molar-refractivity contribution in [2.45, 2.75) is 0 Å². The van der Waals surface area contributed by atoms with Crippen LogP contribution < -0.4 is 5.32 Å². The minimum Gasteiger partial charge on any atom is -0.320 e. The van der Waals surface area contributed by atoms with Crippen molar-refractivity contribution in [3.63, 3.8) is 0 Å². The lowest BCUT2D eigenvalue weighted by atomic mass is 10.1. The fourth-order valence-corrected chi connectivity index (χ4v) is 2.58. The molecule has 0 atom stereocenters. The molecular formula is C17H10BrN3O. The van der Waals surface area contributed by atoms with Gasteiger partial charge in [-0.3, -0.25) is 9.78 Å². The normalized spacial score (nSPS) is 10.2. The van der Waals surface area contributed by atoms with E-state index < -0.39 is 0 Å². The van der Waals surface area contributed by atoms with Crippen LogP contribution in [-0.2, 0) is 0 Å². The van der Waals surface area contributed by atoms with Gasteiger partial charge in [-0.1, -0.05) is 22.0 Å². The van der Waals surface area contributed by atoms with Gasteiger partial charge in [0.15, 0.2) is 0 Å². The molecule has 106 valence electrons. The summed E-state index contributed by atoms with van der Waals surface area (Å²) in [6.45, 7) is 0. The molecule has 0 bridgehead atoms. The van der Waals surface area contributed by atoms with E-state index in [1.54, 1.807) is 36.5 Å². The van der Waals surface area contributed by atoms with Crippen LogP contribution >= 0.6 is 15.9 Å². The van der Waals surface area contributed by atoms with Gasteiger partial charge >= 0.3 is 0 Å². The zero-order valence-electron chi connectivity index (χ0n) is 11.4. The van der Waals surface area contributed by atoms with Crippen LogP contribution in [0.3, 0.4) is 0 Å². The van der Waals surface area contributed by atoms with Crippen molar-refractivity contribution in [2.75, 3.05) is 5.32 Å². The summed E-state index contributed by atoms with van der Waals surface area (Å²) in [6.07, 6.45) is 1.69. The van der Waals surface area contributed by atoms with Gasteiger partial charge in [-0.2, -0.15) is 5.26 Å². The van der Waals surface area contributed by atoms with Crippen molar-refractivity contribution in [3.8, 4) is 6.07 Å². The largest absolute Gasteiger partial charge is 0.320 e. The van der Waals surface area contributed by atoms with Crippen LogP contribution in [0.1, 0.15) is 15.9 Å². The number of nitrogens with zero attached hydrogens (tertiary/aromatic N) is 2. The van der Waals surface area contributed by atoms with Crippen LogP contribution in [0, 0.1) is 11.3 Å². The third-order valence-corrected chi connectivity index (χ3v) is 3.93. The second-order valence-electron chi connectivity index (χ2n) is 4.64. The first-order valence-electron chi connectivity index (χ1n) is 6.54. The minimum atomic E-state index is -0.237. The van der Waals surface area contributed by atoms with Gasteiger partial charge in [0, 0.05) is 21.6 Å². The van der Waals surface area contributed by atoms with Gasteiger partial charge in [-0.05, 0) is 42.5 Å². The maximum atomic E-state index is 12.3. The summed E-state index contributed by atoms with van der Waals surface area (Å²) in [7, 11) is 0. The molecule has 5 heteroatoms. The fourth-order valence-electron chi connectivity index (χ4n) is 2.13. The Bertz CT molecular complexity index is 898. The SMILES string of the molecule is N#Cc1ccc(C(=O)Nc2ccc(Br)c3cccnc23)cc1. The number of aromatic nitrogens is 1. The summed E-state index contributed by atoms with van der Waals surface area (Å²) in [4.78, 5) is 16.6. The molecule has 1 heterocycles. The van der Waals surface area contributed by atoms with Crippen molar-refractivity contribution in [2.24, 2.45) is 0 Å².